The molecule has 0 aliphatic rings. The van der Waals surface area contributed by atoms with Gasteiger partial charge in [-0.1, -0.05) is 6.92 Å². The predicted octanol–water partition coefficient (Wildman–Crippen LogP) is 1.72. The summed E-state index contributed by atoms with van der Waals surface area (Å²) in [6, 6.07) is 2.11. The first kappa shape index (κ1) is 13.7. The molecule has 17 heavy (non-hydrogen) atoms. The summed E-state index contributed by atoms with van der Waals surface area (Å²) < 4.78 is 5.50. The summed E-state index contributed by atoms with van der Waals surface area (Å²) in [6.07, 6.45) is 1.86. The fraction of sp³-hybridized carbons (Fsp3) is 0.667. The molecule has 5 nitrogen and oxygen atoms in total. The molecular weight excluding hydrogens is 216 g/mol. The monoisotopic (exact) mass is 238 g/mol. The molecule has 0 fully saturated rings. The molecule has 5 heteroatoms. The van der Waals surface area contributed by atoms with Gasteiger partial charge in [-0.25, -0.2) is 4.98 Å². The molecule has 3 N–H and O–H groups in total. The third-order valence-electron chi connectivity index (χ3n) is 2.26. The van der Waals surface area contributed by atoms with E-state index in [1.165, 1.54) is 0 Å². The summed E-state index contributed by atoms with van der Waals surface area (Å²) in [5, 5.41) is 3.22. The molecule has 1 aromatic rings. The van der Waals surface area contributed by atoms with Gasteiger partial charge in [0.1, 0.15) is 0 Å². The van der Waals surface area contributed by atoms with Crippen molar-refractivity contribution in [1.82, 2.24) is 9.97 Å². The number of rotatable bonds is 7. The Morgan fingerprint density at radius 3 is 2.88 bits per heavy atom. The maximum absolute atomic E-state index is 5.50. The van der Waals surface area contributed by atoms with E-state index < -0.39 is 0 Å². The third kappa shape index (κ3) is 4.99. The third-order valence-corrected chi connectivity index (χ3v) is 2.26. The summed E-state index contributed by atoms with van der Waals surface area (Å²) >= 11 is 0. The highest BCUT2D eigenvalue weighted by Crippen LogP contribution is 2.13. The molecule has 0 radical (unpaired) electrons. The highest BCUT2D eigenvalue weighted by atomic mass is 16.5. The lowest BCUT2D eigenvalue weighted by atomic mass is 10.2. The Hall–Kier alpha value is -1.36. The van der Waals surface area contributed by atoms with Crippen molar-refractivity contribution >= 4 is 5.95 Å². The average molecular weight is 238 g/mol. The van der Waals surface area contributed by atoms with Gasteiger partial charge in [0.25, 0.3) is 0 Å². The first-order valence-electron chi connectivity index (χ1n) is 6.10. The van der Waals surface area contributed by atoms with Gasteiger partial charge in [-0.15, -0.1) is 0 Å². The number of aryl methyl sites for hydroxylation is 1. The molecule has 0 bridgehead atoms. The quantitative estimate of drug-likeness (QED) is 0.756. The molecule has 1 rings (SSSR count). The van der Waals surface area contributed by atoms with Gasteiger partial charge in [0, 0.05) is 17.8 Å². The SMILES string of the molecule is CCCOc1cc(C)nc(NC(C)CCN)n1. The summed E-state index contributed by atoms with van der Waals surface area (Å²) in [5.41, 5.74) is 6.40. The number of anilines is 1. The van der Waals surface area contributed by atoms with E-state index in [-0.39, 0.29) is 6.04 Å². The second-order valence-electron chi connectivity index (χ2n) is 4.14. The van der Waals surface area contributed by atoms with Crippen LogP contribution in [0.5, 0.6) is 5.88 Å². The molecule has 1 atom stereocenters. The lowest BCUT2D eigenvalue weighted by Gasteiger charge is -2.13. The van der Waals surface area contributed by atoms with Gasteiger partial charge in [0.05, 0.1) is 6.61 Å². The molecule has 1 aromatic heterocycles. The van der Waals surface area contributed by atoms with E-state index in [1.807, 2.05) is 13.0 Å². The number of hydrogen-bond donors (Lipinski definition) is 2. The minimum atomic E-state index is 0.265. The van der Waals surface area contributed by atoms with E-state index in [1.54, 1.807) is 0 Å². The van der Waals surface area contributed by atoms with Crippen LogP contribution < -0.4 is 15.8 Å². The Balaban J connectivity index is 2.67. The largest absolute Gasteiger partial charge is 0.478 e. The first-order valence-corrected chi connectivity index (χ1v) is 6.10. The van der Waals surface area contributed by atoms with Gasteiger partial charge in [-0.3, -0.25) is 0 Å². The van der Waals surface area contributed by atoms with E-state index in [4.69, 9.17) is 10.5 Å². The average Bonchev–Trinajstić information content (AvgIpc) is 2.25. The maximum Gasteiger partial charge on any atom is 0.226 e. The van der Waals surface area contributed by atoms with Crippen LogP contribution in [0, 0.1) is 6.92 Å². The van der Waals surface area contributed by atoms with Crippen LogP contribution in [0.2, 0.25) is 0 Å². The minimum Gasteiger partial charge on any atom is -0.478 e. The highest BCUT2D eigenvalue weighted by Gasteiger charge is 2.06. The van der Waals surface area contributed by atoms with Crippen LogP contribution in [0.15, 0.2) is 6.07 Å². The normalized spacial score (nSPS) is 12.2. The zero-order chi connectivity index (χ0) is 12.7. The van der Waals surface area contributed by atoms with Crippen LogP contribution in [0.3, 0.4) is 0 Å². The summed E-state index contributed by atoms with van der Waals surface area (Å²) in [5.74, 6) is 1.24. The Kier molecular flexibility index (Phi) is 5.69. The number of ether oxygens (including phenoxy) is 1. The van der Waals surface area contributed by atoms with E-state index in [2.05, 4.69) is 29.1 Å². The van der Waals surface area contributed by atoms with Crippen molar-refractivity contribution in [2.24, 2.45) is 5.73 Å². The van der Waals surface area contributed by atoms with Crippen molar-refractivity contribution in [2.75, 3.05) is 18.5 Å². The molecule has 0 aromatic carbocycles. The lowest BCUT2D eigenvalue weighted by Crippen LogP contribution is -2.21. The topological polar surface area (TPSA) is 73.1 Å². The lowest BCUT2D eigenvalue weighted by molar-refractivity contribution is 0.305. The molecular formula is C12H22N4O. The van der Waals surface area contributed by atoms with Gasteiger partial charge >= 0.3 is 0 Å². The molecule has 0 spiro atoms. The van der Waals surface area contributed by atoms with Crippen LogP contribution in [-0.4, -0.2) is 29.2 Å². The number of hydrogen-bond acceptors (Lipinski definition) is 5. The van der Waals surface area contributed by atoms with Crippen molar-refractivity contribution in [3.8, 4) is 5.88 Å². The van der Waals surface area contributed by atoms with Gasteiger partial charge in [0.15, 0.2) is 0 Å². The number of nitrogens with zero attached hydrogens (tertiary/aromatic N) is 2. The summed E-state index contributed by atoms with van der Waals surface area (Å²) in [6.45, 7) is 7.38. The van der Waals surface area contributed by atoms with Crippen molar-refractivity contribution < 1.29 is 4.74 Å². The van der Waals surface area contributed by atoms with Gasteiger partial charge in [-0.2, -0.15) is 4.98 Å². The van der Waals surface area contributed by atoms with Gasteiger partial charge in [-0.05, 0) is 33.2 Å². The molecule has 0 saturated carbocycles. The Morgan fingerprint density at radius 2 is 2.24 bits per heavy atom. The number of nitrogens with one attached hydrogen (secondary N) is 1. The van der Waals surface area contributed by atoms with Crippen LogP contribution >= 0.6 is 0 Å². The van der Waals surface area contributed by atoms with Crippen LogP contribution in [0.25, 0.3) is 0 Å². The highest BCUT2D eigenvalue weighted by molar-refractivity contribution is 5.31. The molecule has 1 heterocycles. The Labute approximate surface area is 103 Å². The molecule has 0 amide bonds. The molecule has 96 valence electrons. The second-order valence-corrected chi connectivity index (χ2v) is 4.14. The fourth-order valence-electron chi connectivity index (χ4n) is 1.43. The summed E-state index contributed by atoms with van der Waals surface area (Å²) in [4.78, 5) is 8.63. The van der Waals surface area contributed by atoms with Crippen LogP contribution in [-0.2, 0) is 0 Å². The minimum absolute atomic E-state index is 0.265. The van der Waals surface area contributed by atoms with E-state index in [0.717, 1.165) is 18.5 Å². The number of aromatic nitrogens is 2. The van der Waals surface area contributed by atoms with Gasteiger partial charge in [0.2, 0.25) is 11.8 Å². The van der Waals surface area contributed by atoms with E-state index in [9.17, 15) is 0 Å². The smallest absolute Gasteiger partial charge is 0.226 e. The van der Waals surface area contributed by atoms with Crippen molar-refractivity contribution in [3.05, 3.63) is 11.8 Å². The zero-order valence-electron chi connectivity index (χ0n) is 10.9. The van der Waals surface area contributed by atoms with Gasteiger partial charge < -0.3 is 15.8 Å². The molecule has 0 aliphatic heterocycles. The first-order chi connectivity index (χ1) is 8.15. The standard InChI is InChI=1S/C12H22N4O/c1-4-7-17-11-8-10(3)15-12(16-11)14-9(2)5-6-13/h8-9H,4-7,13H2,1-3H3,(H,14,15,16). The molecule has 0 aliphatic carbocycles. The Bertz CT molecular complexity index is 343. The molecule has 0 saturated heterocycles. The predicted molar refractivity (Wildman–Crippen MR) is 69.3 cm³/mol. The Morgan fingerprint density at radius 1 is 1.47 bits per heavy atom. The van der Waals surface area contributed by atoms with E-state index in [0.29, 0.717) is 25.0 Å². The number of nitrogens with two attached hydrogens (primary N) is 1. The fourth-order valence-corrected chi connectivity index (χ4v) is 1.43. The van der Waals surface area contributed by atoms with Crippen LogP contribution in [0.1, 0.15) is 32.4 Å². The van der Waals surface area contributed by atoms with E-state index >= 15 is 0 Å². The van der Waals surface area contributed by atoms with Crippen LogP contribution in [0.4, 0.5) is 5.95 Å². The summed E-state index contributed by atoms with van der Waals surface area (Å²) in [7, 11) is 0. The maximum atomic E-state index is 5.50. The van der Waals surface area contributed by atoms with Crippen molar-refractivity contribution in [2.45, 2.75) is 39.7 Å². The second kappa shape index (κ2) is 7.06. The van der Waals surface area contributed by atoms with Crippen molar-refractivity contribution in [1.29, 1.82) is 0 Å². The van der Waals surface area contributed by atoms with Crippen molar-refractivity contribution in [3.63, 3.8) is 0 Å². The molecule has 1 unspecified atom stereocenters. The zero-order valence-corrected chi connectivity index (χ0v) is 10.9.